The van der Waals surface area contributed by atoms with E-state index in [0.717, 1.165) is 68.9 Å². The van der Waals surface area contributed by atoms with Gasteiger partial charge >= 0.3 is 0 Å². The first-order valence-corrected chi connectivity index (χ1v) is 13.6. The molecule has 34 heavy (non-hydrogen) atoms. The van der Waals surface area contributed by atoms with E-state index >= 15 is 0 Å². The molecule has 0 bridgehead atoms. The summed E-state index contributed by atoms with van der Waals surface area (Å²) in [7, 11) is -0.654. The number of amides is 1. The lowest BCUT2D eigenvalue weighted by Crippen LogP contribution is -2.34. The number of hydrogen-bond donors (Lipinski definition) is 1. The number of benzene rings is 1. The zero-order valence-corrected chi connectivity index (χ0v) is 21.0. The summed E-state index contributed by atoms with van der Waals surface area (Å²) in [6, 6.07) is 8.78. The van der Waals surface area contributed by atoms with Gasteiger partial charge in [0, 0.05) is 64.3 Å². The highest BCUT2D eigenvalue weighted by atomic mass is 32.2. The Morgan fingerprint density at radius 1 is 0.971 bits per heavy atom. The number of carbonyl (C=O) groups excluding carboxylic acids is 1. The molecule has 2 saturated heterocycles. The van der Waals surface area contributed by atoms with Crippen molar-refractivity contribution in [3.05, 3.63) is 47.7 Å². The Kier molecular flexibility index (Phi) is 7.73. The Balaban J connectivity index is 1.60. The Labute approximate surface area is 203 Å². The van der Waals surface area contributed by atoms with Gasteiger partial charge in [-0.05, 0) is 62.8 Å². The molecule has 1 N–H and O–H groups in total. The number of anilines is 2. The molecule has 1 aromatic heterocycles. The first-order valence-electron chi connectivity index (χ1n) is 12.2. The largest absolute Gasteiger partial charge is 0.371 e. The number of piperidine rings is 2. The monoisotopic (exact) mass is 485 g/mol. The first kappa shape index (κ1) is 24.5. The zero-order valence-electron chi connectivity index (χ0n) is 20.2. The first-order chi connectivity index (χ1) is 16.4. The van der Waals surface area contributed by atoms with E-state index < -0.39 is 10.0 Å². The Hall–Kier alpha value is -2.65. The van der Waals surface area contributed by atoms with Crippen LogP contribution in [0.25, 0.3) is 0 Å². The van der Waals surface area contributed by atoms with Gasteiger partial charge in [0.25, 0.3) is 5.91 Å². The summed E-state index contributed by atoms with van der Waals surface area (Å²) in [5.41, 5.74) is 2.15. The topological polar surface area (TPSA) is 85.8 Å². The fourth-order valence-electron chi connectivity index (χ4n) is 4.71. The number of pyridine rings is 1. The molecule has 2 aliphatic heterocycles. The van der Waals surface area contributed by atoms with Gasteiger partial charge in [-0.1, -0.05) is 6.07 Å². The third kappa shape index (κ3) is 5.36. The molecule has 2 fully saturated rings. The van der Waals surface area contributed by atoms with Crippen LogP contribution in [0.1, 0.15) is 54.4 Å². The van der Waals surface area contributed by atoms with Gasteiger partial charge in [-0.2, -0.15) is 0 Å². The molecule has 0 atom stereocenters. The maximum atomic E-state index is 13.4. The molecule has 1 aromatic carbocycles. The minimum atomic E-state index is -3.65. The molecular weight excluding hydrogens is 450 g/mol. The van der Waals surface area contributed by atoms with E-state index in [4.69, 9.17) is 0 Å². The second-order valence-corrected chi connectivity index (χ2v) is 11.4. The average molecular weight is 486 g/mol. The SMILES string of the molecule is CN(C)S(=O)(=O)c1ccc(N2CCCCC2)c(C(=O)NCc2cccnc2N2CCCCC2)c1. The van der Waals surface area contributed by atoms with Crippen molar-refractivity contribution >= 4 is 27.4 Å². The van der Waals surface area contributed by atoms with Crippen molar-refractivity contribution in [2.75, 3.05) is 50.1 Å². The number of rotatable bonds is 7. The van der Waals surface area contributed by atoms with Crippen LogP contribution in [0.15, 0.2) is 41.4 Å². The Morgan fingerprint density at radius 2 is 1.62 bits per heavy atom. The molecule has 3 heterocycles. The van der Waals surface area contributed by atoms with Crippen molar-refractivity contribution in [1.29, 1.82) is 0 Å². The van der Waals surface area contributed by atoms with E-state index in [1.807, 2.05) is 12.1 Å². The fourth-order valence-corrected chi connectivity index (χ4v) is 5.64. The summed E-state index contributed by atoms with van der Waals surface area (Å²) in [4.78, 5) is 22.6. The van der Waals surface area contributed by atoms with E-state index in [0.29, 0.717) is 12.1 Å². The van der Waals surface area contributed by atoms with E-state index in [-0.39, 0.29) is 10.8 Å². The number of sulfonamides is 1. The van der Waals surface area contributed by atoms with Crippen LogP contribution in [0.3, 0.4) is 0 Å². The van der Waals surface area contributed by atoms with Crippen molar-refractivity contribution < 1.29 is 13.2 Å². The van der Waals surface area contributed by atoms with E-state index in [1.54, 1.807) is 18.3 Å². The summed E-state index contributed by atoms with van der Waals surface area (Å²) >= 11 is 0. The van der Waals surface area contributed by atoms with Gasteiger partial charge in [-0.25, -0.2) is 17.7 Å². The van der Waals surface area contributed by atoms with Gasteiger partial charge < -0.3 is 15.1 Å². The van der Waals surface area contributed by atoms with Crippen LogP contribution in [-0.2, 0) is 16.6 Å². The third-order valence-electron chi connectivity index (χ3n) is 6.65. The van der Waals surface area contributed by atoms with Crippen molar-refractivity contribution in [3.63, 3.8) is 0 Å². The zero-order chi connectivity index (χ0) is 24.1. The molecule has 2 aromatic rings. The smallest absolute Gasteiger partial charge is 0.253 e. The highest BCUT2D eigenvalue weighted by Gasteiger charge is 2.24. The van der Waals surface area contributed by atoms with Crippen LogP contribution in [0.4, 0.5) is 11.5 Å². The minimum Gasteiger partial charge on any atom is -0.371 e. The van der Waals surface area contributed by atoms with Crippen LogP contribution in [0.5, 0.6) is 0 Å². The molecule has 0 unspecified atom stereocenters. The van der Waals surface area contributed by atoms with Gasteiger partial charge in [0.15, 0.2) is 0 Å². The highest BCUT2D eigenvalue weighted by molar-refractivity contribution is 7.89. The number of aromatic nitrogens is 1. The summed E-state index contributed by atoms with van der Waals surface area (Å²) in [6.45, 7) is 4.01. The predicted molar refractivity (Wildman–Crippen MR) is 135 cm³/mol. The van der Waals surface area contributed by atoms with Crippen LogP contribution in [-0.4, -0.2) is 63.9 Å². The maximum absolute atomic E-state index is 13.4. The number of carbonyl (C=O) groups is 1. The fraction of sp³-hybridized carbons (Fsp3) is 0.520. The normalized spacial score (nSPS) is 17.1. The summed E-state index contributed by atoms with van der Waals surface area (Å²) < 4.78 is 26.7. The summed E-state index contributed by atoms with van der Waals surface area (Å²) in [5, 5.41) is 3.04. The molecule has 0 saturated carbocycles. The predicted octanol–water partition coefficient (Wildman–Crippen LogP) is 3.24. The molecule has 8 nitrogen and oxygen atoms in total. The molecule has 0 radical (unpaired) electrons. The quantitative estimate of drug-likeness (QED) is 0.648. The van der Waals surface area contributed by atoms with Crippen molar-refractivity contribution in [2.45, 2.75) is 50.0 Å². The molecule has 0 aliphatic carbocycles. The van der Waals surface area contributed by atoms with Gasteiger partial charge in [-0.15, -0.1) is 0 Å². The van der Waals surface area contributed by atoms with Crippen molar-refractivity contribution in [1.82, 2.24) is 14.6 Å². The number of nitrogens with one attached hydrogen (secondary N) is 1. The minimum absolute atomic E-state index is 0.124. The lowest BCUT2D eigenvalue weighted by molar-refractivity contribution is 0.0951. The van der Waals surface area contributed by atoms with Gasteiger partial charge in [0.05, 0.1) is 10.5 Å². The second-order valence-electron chi connectivity index (χ2n) is 9.23. The van der Waals surface area contributed by atoms with Gasteiger partial charge in [0.1, 0.15) is 5.82 Å². The van der Waals surface area contributed by atoms with Gasteiger partial charge in [-0.3, -0.25) is 4.79 Å². The van der Waals surface area contributed by atoms with Crippen molar-refractivity contribution in [3.8, 4) is 0 Å². The van der Waals surface area contributed by atoms with Crippen molar-refractivity contribution in [2.24, 2.45) is 0 Å². The van der Waals surface area contributed by atoms with Crippen LogP contribution in [0.2, 0.25) is 0 Å². The average Bonchev–Trinajstić information content (AvgIpc) is 2.88. The molecular formula is C25H35N5O3S. The molecule has 0 spiro atoms. The molecule has 4 rings (SSSR count). The molecule has 2 aliphatic rings. The van der Waals surface area contributed by atoms with E-state index in [1.165, 1.54) is 37.3 Å². The highest BCUT2D eigenvalue weighted by Crippen LogP contribution is 2.28. The summed E-state index contributed by atoms with van der Waals surface area (Å²) in [5.74, 6) is 0.646. The molecule has 9 heteroatoms. The van der Waals surface area contributed by atoms with Crippen LogP contribution in [0, 0.1) is 0 Å². The van der Waals surface area contributed by atoms with Crippen LogP contribution < -0.4 is 15.1 Å². The lowest BCUT2D eigenvalue weighted by atomic mass is 10.1. The lowest BCUT2D eigenvalue weighted by Gasteiger charge is -2.31. The molecule has 184 valence electrons. The third-order valence-corrected chi connectivity index (χ3v) is 8.46. The molecule has 1 amide bonds. The standard InChI is InChI=1S/C25H35N5O3S/c1-28(2)34(32,33)21-11-12-23(29-14-5-3-6-15-29)22(18-21)25(31)27-19-20-10-9-13-26-24(20)30-16-7-4-8-17-30/h9-13,18H,3-8,14-17,19H2,1-2H3,(H,27,31). The maximum Gasteiger partial charge on any atom is 0.253 e. The number of hydrogen-bond acceptors (Lipinski definition) is 6. The van der Waals surface area contributed by atoms with E-state index in [2.05, 4.69) is 20.1 Å². The Bertz CT molecular complexity index is 1110. The van der Waals surface area contributed by atoms with E-state index in [9.17, 15) is 13.2 Å². The van der Waals surface area contributed by atoms with Gasteiger partial charge in [0.2, 0.25) is 10.0 Å². The second kappa shape index (κ2) is 10.7. The van der Waals surface area contributed by atoms with Crippen LogP contribution >= 0.6 is 0 Å². The Morgan fingerprint density at radius 3 is 2.26 bits per heavy atom. The summed E-state index contributed by atoms with van der Waals surface area (Å²) in [6.07, 6.45) is 8.62. The number of nitrogens with zero attached hydrogens (tertiary/aromatic N) is 4.